The molecule has 0 saturated heterocycles. The lowest BCUT2D eigenvalue weighted by molar-refractivity contribution is 0.0691. The van der Waals surface area contributed by atoms with Gasteiger partial charge >= 0.3 is 5.97 Å². The summed E-state index contributed by atoms with van der Waals surface area (Å²) in [5, 5.41) is 9.54. The number of methoxy groups -OCH3 is 1. The molecule has 1 aromatic heterocycles. The van der Waals surface area contributed by atoms with Gasteiger partial charge < -0.3 is 9.84 Å². The lowest BCUT2D eigenvalue weighted by Gasteiger charge is -2.09. The van der Waals surface area contributed by atoms with Crippen LogP contribution in [-0.2, 0) is 0 Å². The van der Waals surface area contributed by atoms with Gasteiger partial charge in [-0.05, 0) is 19.1 Å². The van der Waals surface area contributed by atoms with Crippen molar-refractivity contribution in [3.8, 4) is 5.75 Å². The van der Waals surface area contributed by atoms with Crippen LogP contribution < -0.4 is 4.74 Å². The molecular formula is C13H12N2O3S. The van der Waals surface area contributed by atoms with Crippen LogP contribution in [0.15, 0.2) is 40.4 Å². The van der Waals surface area contributed by atoms with Crippen molar-refractivity contribution in [3.63, 3.8) is 0 Å². The quantitative estimate of drug-likeness (QED) is 0.865. The second-order valence-electron chi connectivity index (χ2n) is 3.69. The number of ether oxygens (including phenoxy) is 1. The molecule has 98 valence electrons. The maximum Gasteiger partial charge on any atom is 0.340 e. The second kappa shape index (κ2) is 5.71. The highest BCUT2D eigenvalue weighted by molar-refractivity contribution is 7.99. The molecule has 1 aromatic carbocycles. The Morgan fingerprint density at radius 1 is 1.37 bits per heavy atom. The Kier molecular flexibility index (Phi) is 4.01. The largest absolute Gasteiger partial charge is 0.496 e. The fourth-order valence-electron chi connectivity index (χ4n) is 1.48. The topological polar surface area (TPSA) is 72.3 Å². The number of aromatic carboxylic acids is 1. The van der Waals surface area contributed by atoms with Gasteiger partial charge in [0.25, 0.3) is 0 Å². The monoisotopic (exact) mass is 276 g/mol. The summed E-state index contributed by atoms with van der Waals surface area (Å²) in [6.45, 7) is 1.72. The molecule has 0 amide bonds. The normalized spacial score (nSPS) is 10.2. The fourth-order valence-corrected chi connectivity index (χ4v) is 2.52. The number of carboxylic acids is 1. The lowest BCUT2D eigenvalue weighted by atomic mass is 10.3. The molecule has 1 N–H and O–H groups in total. The van der Waals surface area contributed by atoms with Gasteiger partial charge in [-0.3, -0.25) is 0 Å². The van der Waals surface area contributed by atoms with Crippen molar-refractivity contribution in [1.29, 1.82) is 0 Å². The number of para-hydroxylation sites is 1. The first kappa shape index (κ1) is 13.4. The molecule has 0 spiro atoms. The summed E-state index contributed by atoms with van der Waals surface area (Å²) >= 11 is 1.25. The summed E-state index contributed by atoms with van der Waals surface area (Å²) in [5.41, 5.74) is 0.0847. The minimum atomic E-state index is -1.04. The Labute approximate surface area is 114 Å². The number of hydrogen-bond acceptors (Lipinski definition) is 5. The first-order chi connectivity index (χ1) is 9.11. The molecule has 2 rings (SSSR count). The van der Waals surface area contributed by atoms with Gasteiger partial charge in [-0.1, -0.05) is 23.9 Å². The fraction of sp³-hybridized carbons (Fsp3) is 0.154. The van der Waals surface area contributed by atoms with E-state index in [0.29, 0.717) is 16.6 Å². The Balaban J connectivity index is 2.42. The van der Waals surface area contributed by atoms with Crippen LogP contribution >= 0.6 is 11.8 Å². The van der Waals surface area contributed by atoms with Crippen molar-refractivity contribution < 1.29 is 14.6 Å². The molecule has 5 nitrogen and oxygen atoms in total. The molecule has 2 aromatic rings. The van der Waals surface area contributed by atoms with Crippen LogP contribution in [0.3, 0.4) is 0 Å². The van der Waals surface area contributed by atoms with Gasteiger partial charge in [-0.25, -0.2) is 14.8 Å². The maximum atomic E-state index is 11.2. The van der Waals surface area contributed by atoms with Crippen LogP contribution in [0.1, 0.15) is 16.2 Å². The molecule has 0 radical (unpaired) electrons. The average Bonchev–Trinajstić information content (AvgIpc) is 2.39. The number of carboxylic acid groups (broad SMARTS) is 1. The predicted molar refractivity (Wildman–Crippen MR) is 70.8 cm³/mol. The zero-order chi connectivity index (χ0) is 13.8. The third-order valence-corrected chi connectivity index (χ3v) is 3.44. The van der Waals surface area contributed by atoms with Crippen molar-refractivity contribution in [2.45, 2.75) is 16.8 Å². The number of benzene rings is 1. The van der Waals surface area contributed by atoms with E-state index >= 15 is 0 Å². The molecular weight excluding hydrogens is 264 g/mol. The Hall–Kier alpha value is -2.08. The molecule has 19 heavy (non-hydrogen) atoms. The summed E-state index contributed by atoms with van der Waals surface area (Å²) in [6.07, 6.45) is 1.32. The van der Waals surface area contributed by atoms with Gasteiger partial charge in [0.15, 0.2) is 0 Å². The molecule has 0 aliphatic carbocycles. The zero-order valence-electron chi connectivity index (χ0n) is 10.5. The number of carbonyl (C=O) groups is 1. The van der Waals surface area contributed by atoms with Gasteiger partial charge in [-0.15, -0.1) is 0 Å². The van der Waals surface area contributed by atoms with Crippen molar-refractivity contribution >= 4 is 17.7 Å². The third-order valence-electron chi connectivity index (χ3n) is 2.38. The summed E-state index contributed by atoms with van der Waals surface area (Å²) < 4.78 is 5.24. The second-order valence-corrected chi connectivity index (χ2v) is 4.72. The van der Waals surface area contributed by atoms with Gasteiger partial charge in [0.2, 0.25) is 0 Å². The number of hydrogen-bond donors (Lipinski definition) is 1. The smallest absolute Gasteiger partial charge is 0.340 e. The van der Waals surface area contributed by atoms with E-state index < -0.39 is 5.97 Å². The number of nitrogens with zero attached hydrogens (tertiary/aromatic N) is 2. The van der Waals surface area contributed by atoms with Gasteiger partial charge in [0, 0.05) is 6.20 Å². The first-order valence-electron chi connectivity index (χ1n) is 5.49. The van der Waals surface area contributed by atoms with E-state index in [4.69, 9.17) is 9.84 Å². The SMILES string of the molecule is COc1ccccc1Sc1nc(C)ncc1C(=O)O. The first-order valence-corrected chi connectivity index (χ1v) is 6.31. The molecule has 0 fully saturated rings. The van der Waals surface area contributed by atoms with E-state index in [1.165, 1.54) is 18.0 Å². The highest BCUT2D eigenvalue weighted by atomic mass is 32.2. The molecule has 1 heterocycles. The van der Waals surface area contributed by atoms with Crippen molar-refractivity contribution in [1.82, 2.24) is 9.97 Å². The average molecular weight is 276 g/mol. The predicted octanol–water partition coefficient (Wildman–Crippen LogP) is 2.64. The van der Waals surface area contributed by atoms with Crippen LogP contribution in [0.5, 0.6) is 5.75 Å². The van der Waals surface area contributed by atoms with Crippen LogP contribution in [-0.4, -0.2) is 28.2 Å². The van der Waals surface area contributed by atoms with Crippen LogP contribution in [0.2, 0.25) is 0 Å². The Morgan fingerprint density at radius 3 is 2.79 bits per heavy atom. The third kappa shape index (κ3) is 3.03. The number of aryl methyl sites for hydroxylation is 1. The van der Waals surface area contributed by atoms with Gasteiger partial charge in [-0.2, -0.15) is 0 Å². The molecule has 6 heteroatoms. The molecule has 0 saturated carbocycles. The Morgan fingerprint density at radius 2 is 2.11 bits per heavy atom. The lowest BCUT2D eigenvalue weighted by Crippen LogP contribution is -2.03. The molecule has 0 atom stereocenters. The van der Waals surface area contributed by atoms with E-state index in [-0.39, 0.29) is 5.56 Å². The Bertz CT molecular complexity index is 617. The number of aromatic nitrogens is 2. The maximum absolute atomic E-state index is 11.2. The van der Waals surface area contributed by atoms with E-state index in [2.05, 4.69) is 9.97 Å². The highest BCUT2D eigenvalue weighted by Gasteiger charge is 2.15. The highest BCUT2D eigenvalue weighted by Crippen LogP contribution is 2.35. The minimum absolute atomic E-state index is 0.0847. The summed E-state index contributed by atoms with van der Waals surface area (Å²) in [5.74, 6) is 0.167. The van der Waals surface area contributed by atoms with Gasteiger partial charge in [0.1, 0.15) is 22.2 Å². The van der Waals surface area contributed by atoms with E-state index in [0.717, 1.165) is 4.90 Å². The van der Waals surface area contributed by atoms with Crippen LogP contribution in [0.25, 0.3) is 0 Å². The minimum Gasteiger partial charge on any atom is -0.496 e. The van der Waals surface area contributed by atoms with Crippen molar-refractivity contribution in [2.75, 3.05) is 7.11 Å². The standard InChI is InChI=1S/C13H12N2O3S/c1-8-14-7-9(13(16)17)12(15-8)19-11-6-4-3-5-10(11)18-2/h3-7H,1-2H3,(H,16,17). The summed E-state index contributed by atoms with van der Waals surface area (Å²) in [6, 6.07) is 7.38. The molecule has 0 unspecified atom stereocenters. The van der Waals surface area contributed by atoms with Crippen LogP contribution in [0.4, 0.5) is 0 Å². The van der Waals surface area contributed by atoms with Crippen molar-refractivity contribution in [2.24, 2.45) is 0 Å². The van der Waals surface area contributed by atoms with Gasteiger partial charge in [0.05, 0.1) is 12.0 Å². The molecule has 0 aliphatic heterocycles. The van der Waals surface area contributed by atoms with Crippen LogP contribution in [0, 0.1) is 6.92 Å². The summed E-state index contributed by atoms with van der Waals surface area (Å²) in [4.78, 5) is 20.1. The molecule has 0 aliphatic rings. The van der Waals surface area contributed by atoms with Crippen molar-refractivity contribution in [3.05, 3.63) is 41.9 Å². The van der Waals surface area contributed by atoms with E-state index in [9.17, 15) is 4.79 Å². The van der Waals surface area contributed by atoms with E-state index in [1.54, 1.807) is 14.0 Å². The number of rotatable bonds is 4. The van der Waals surface area contributed by atoms with E-state index in [1.807, 2.05) is 24.3 Å². The summed E-state index contributed by atoms with van der Waals surface area (Å²) in [7, 11) is 1.57. The zero-order valence-corrected chi connectivity index (χ0v) is 11.3. The molecule has 0 bridgehead atoms.